The number of halogens is 1. The van der Waals surface area contributed by atoms with Crippen LogP contribution in [-0.2, 0) is 4.79 Å². The largest absolute Gasteiger partial charge is 0.483 e. The van der Waals surface area contributed by atoms with Crippen molar-refractivity contribution in [2.45, 2.75) is 13.0 Å². The summed E-state index contributed by atoms with van der Waals surface area (Å²) in [6, 6.07) is 14.7. The van der Waals surface area contributed by atoms with E-state index >= 15 is 0 Å². The van der Waals surface area contributed by atoms with Crippen LogP contribution in [0.25, 0.3) is 0 Å². The number of ether oxygens (including phenoxy) is 1. The van der Waals surface area contributed by atoms with Gasteiger partial charge >= 0.3 is 0 Å². The zero-order valence-electron chi connectivity index (χ0n) is 11.7. The van der Waals surface area contributed by atoms with E-state index in [0.29, 0.717) is 5.75 Å². The molecule has 0 saturated carbocycles. The maximum Gasteiger partial charge on any atom is 0.262 e. The van der Waals surface area contributed by atoms with Crippen LogP contribution in [0.3, 0.4) is 0 Å². The lowest BCUT2D eigenvalue weighted by Crippen LogP contribution is -2.21. The van der Waals surface area contributed by atoms with Crippen LogP contribution in [0.1, 0.15) is 18.5 Å². The Balaban J connectivity index is 1.99. The van der Waals surface area contributed by atoms with Crippen molar-refractivity contribution in [1.82, 2.24) is 0 Å². The Labute approximate surface area is 132 Å². The molecule has 0 heterocycles. The zero-order valence-corrected chi connectivity index (χ0v) is 13.3. The second kappa shape index (κ2) is 7.24. The van der Waals surface area contributed by atoms with E-state index in [9.17, 15) is 4.79 Å². The molecule has 1 atom stereocenters. The van der Waals surface area contributed by atoms with E-state index in [-0.39, 0.29) is 18.6 Å². The Bertz CT molecular complexity index is 615. The second-order valence-electron chi connectivity index (χ2n) is 4.67. The lowest BCUT2D eigenvalue weighted by molar-refractivity contribution is -0.118. The first-order chi connectivity index (χ1) is 10.1. The molecule has 1 amide bonds. The first-order valence-corrected chi connectivity index (χ1v) is 7.38. The molecule has 21 heavy (non-hydrogen) atoms. The molecular formula is C16H17BrN2O2. The minimum atomic E-state index is -0.211. The third-order valence-electron chi connectivity index (χ3n) is 2.88. The first kappa shape index (κ1) is 15.5. The Hall–Kier alpha value is -1.85. The second-order valence-corrected chi connectivity index (χ2v) is 5.59. The predicted molar refractivity (Wildman–Crippen MR) is 87.3 cm³/mol. The van der Waals surface area contributed by atoms with Gasteiger partial charge in [-0.05, 0) is 31.2 Å². The van der Waals surface area contributed by atoms with Gasteiger partial charge < -0.3 is 15.8 Å². The monoisotopic (exact) mass is 348 g/mol. The van der Waals surface area contributed by atoms with Crippen molar-refractivity contribution in [1.29, 1.82) is 0 Å². The zero-order chi connectivity index (χ0) is 15.2. The number of nitrogens with two attached hydrogens (primary N) is 1. The number of hydrogen-bond acceptors (Lipinski definition) is 3. The van der Waals surface area contributed by atoms with E-state index in [0.717, 1.165) is 15.7 Å². The number of benzene rings is 2. The molecule has 0 saturated heterocycles. The molecule has 0 aromatic heterocycles. The lowest BCUT2D eigenvalue weighted by Gasteiger charge is -2.14. The molecule has 110 valence electrons. The van der Waals surface area contributed by atoms with Gasteiger partial charge in [-0.25, -0.2) is 0 Å². The highest BCUT2D eigenvalue weighted by molar-refractivity contribution is 9.10. The highest BCUT2D eigenvalue weighted by atomic mass is 79.9. The molecule has 0 aliphatic heterocycles. The molecule has 0 bridgehead atoms. The van der Waals surface area contributed by atoms with E-state index < -0.39 is 0 Å². The number of carbonyl (C=O) groups is 1. The standard InChI is InChI=1S/C16H17BrN2O2/c1-11(18)14-8-7-12(17)9-15(14)21-10-16(20)19-13-5-3-2-4-6-13/h2-9,11H,10,18H2,1H3,(H,19,20). The average Bonchev–Trinajstić information content (AvgIpc) is 2.46. The number of hydrogen-bond donors (Lipinski definition) is 2. The smallest absolute Gasteiger partial charge is 0.262 e. The lowest BCUT2D eigenvalue weighted by atomic mass is 10.1. The summed E-state index contributed by atoms with van der Waals surface area (Å²) in [4.78, 5) is 11.9. The van der Waals surface area contributed by atoms with Crippen molar-refractivity contribution in [3.63, 3.8) is 0 Å². The van der Waals surface area contributed by atoms with E-state index in [1.54, 1.807) is 0 Å². The van der Waals surface area contributed by atoms with Crippen LogP contribution >= 0.6 is 15.9 Å². The van der Waals surface area contributed by atoms with Crippen LogP contribution < -0.4 is 15.8 Å². The van der Waals surface area contributed by atoms with Crippen LogP contribution in [0.4, 0.5) is 5.69 Å². The maximum atomic E-state index is 11.9. The maximum absolute atomic E-state index is 11.9. The molecule has 5 heteroatoms. The molecule has 0 radical (unpaired) electrons. The number of amides is 1. The summed E-state index contributed by atoms with van der Waals surface area (Å²) in [6.07, 6.45) is 0. The highest BCUT2D eigenvalue weighted by Gasteiger charge is 2.11. The van der Waals surface area contributed by atoms with Crippen molar-refractivity contribution in [3.8, 4) is 5.75 Å². The Morgan fingerprint density at radius 2 is 2.00 bits per heavy atom. The third-order valence-corrected chi connectivity index (χ3v) is 3.38. The fraction of sp³-hybridized carbons (Fsp3) is 0.188. The molecule has 3 N–H and O–H groups in total. The van der Waals surface area contributed by atoms with E-state index in [1.807, 2.05) is 55.5 Å². The number of carbonyl (C=O) groups excluding carboxylic acids is 1. The van der Waals surface area contributed by atoms with Gasteiger partial charge in [0.1, 0.15) is 5.75 Å². The van der Waals surface area contributed by atoms with Gasteiger partial charge in [0.2, 0.25) is 0 Å². The minimum absolute atomic E-state index is 0.0644. The van der Waals surface area contributed by atoms with Crippen molar-refractivity contribution < 1.29 is 9.53 Å². The van der Waals surface area contributed by atoms with Crippen LogP contribution in [0.15, 0.2) is 53.0 Å². The van der Waals surface area contributed by atoms with Crippen molar-refractivity contribution in [2.24, 2.45) is 5.73 Å². The molecule has 0 fully saturated rings. The summed E-state index contributed by atoms with van der Waals surface area (Å²) in [5.41, 5.74) is 7.51. The van der Waals surface area contributed by atoms with Crippen LogP contribution in [0, 0.1) is 0 Å². The van der Waals surface area contributed by atoms with Crippen molar-refractivity contribution in [3.05, 3.63) is 58.6 Å². The van der Waals surface area contributed by atoms with Crippen LogP contribution in [0.5, 0.6) is 5.75 Å². The molecule has 1 unspecified atom stereocenters. The average molecular weight is 349 g/mol. The fourth-order valence-electron chi connectivity index (χ4n) is 1.87. The van der Waals surface area contributed by atoms with Gasteiger partial charge in [-0.3, -0.25) is 4.79 Å². The summed E-state index contributed by atoms with van der Waals surface area (Å²) in [5, 5.41) is 2.77. The highest BCUT2D eigenvalue weighted by Crippen LogP contribution is 2.27. The molecule has 2 rings (SSSR count). The SMILES string of the molecule is CC(N)c1ccc(Br)cc1OCC(=O)Nc1ccccc1. The van der Waals surface area contributed by atoms with E-state index in [2.05, 4.69) is 21.2 Å². The van der Waals surface area contributed by atoms with Gasteiger partial charge in [0, 0.05) is 21.8 Å². The van der Waals surface area contributed by atoms with E-state index in [4.69, 9.17) is 10.5 Å². The normalized spacial score (nSPS) is 11.8. The summed E-state index contributed by atoms with van der Waals surface area (Å²) in [6.45, 7) is 1.81. The van der Waals surface area contributed by atoms with Gasteiger partial charge in [-0.1, -0.05) is 40.2 Å². The Kier molecular flexibility index (Phi) is 5.36. The number of rotatable bonds is 5. The third kappa shape index (κ3) is 4.58. The van der Waals surface area contributed by atoms with Gasteiger partial charge in [-0.2, -0.15) is 0 Å². The van der Waals surface area contributed by atoms with Crippen LogP contribution in [-0.4, -0.2) is 12.5 Å². The van der Waals surface area contributed by atoms with Crippen LogP contribution in [0.2, 0.25) is 0 Å². The van der Waals surface area contributed by atoms with E-state index in [1.165, 1.54) is 0 Å². The molecule has 4 nitrogen and oxygen atoms in total. The molecule has 2 aromatic rings. The Morgan fingerprint density at radius 1 is 1.29 bits per heavy atom. The molecule has 0 spiro atoms. The van der Waals surface area contributed by atoms with Gasteiger partial charge in [0.15, 0.2) is 6.61 Å². The predicted octanol–water partition coefficient (Wildman–Crippen LogP) is 3.49. The van der Waals surface area contributed by atoms with Gasteiger partial charge in [0.05, 0.1) is 0 Å². The number of anilines is 1. The number of para-hydroxylation sites is 1. The summed E-state index contributed by atoms with van der Waals surface area (Å²) >= 11 is 3.38. The minimum Gasteiger partial charge on any atom is -0.483 e. The van der Waals surface area contributed by atoms with Crippen molar-refractivity contribution in [2.75, 3.05) is 11.9 Å². The molecule has 2 aromatic carbocycles. The summed E-state index contributed by atoms with van der Waals surface area (Å²) in [7, 11) is 0. The Morgan fingerprint density at radius 3 is 2.67 bits per heavy atom. The van der Waals surface area contributed by atoms with Gasteiger partial charge in [0.25, 0.3) is 5.91 Å². The first-order valence-electron chi connectivity index (χ1n) is 6.59. The topological polar surface area (TPSA) is 64.3 Å². The fourth-order valence-corrected chi connectivity index (χ4v) is 2.21. The number of nitrogens with one attached hydrogen (secondary N) is 1. The summed E-state index contributed by atoms with van der Waals surface area (Å²) in [5.74, 6) is 0.402. The van der Waals surface area contributed by atoms with Crippen molar-refractivity contribution >= 4 is 27.5 Å². The molecule has 0 aliphatic rings. The summed E-state index contributed by atoms with van der Waals surface area (Å²) < 4.78 is 6.47. The quantitative estimate of drug-likeness (QED) is 0.869. The molecule has 0 aliphatic carbocycles. The molecular weight excluding hydrogens is 332 g/mol. The van der Waals surface area contributed by atoms with Gasteiger partial charge in [-0.15, -0.1) is 0 Å².